The third-order valence-electron chi connectivity index (χ3n) is 5.15. The number of hydrazone groups is 1. The third-order valence-corrected chi connectivity index (χ3v) is 5.15. The van der Waals surface area contributed by atoms with Gasteiger partial charge in [-0.05, 0) is 12.0 Å². The Hall–Kier alpha value is -3.42. The highest BCUT2D eigenvalue weighted by molar-refractivity contribution is 6.04. The molecule has 3 heterocycles. The van der Waals surface area contributed by atoms with Crippen LogP contribution in [-0.2, 0) is 24.8 Å². The number of H-pyrrole nitrogens is 1. The summed E-state index contributed by atoms with van der Waals surface area (Å²) in [5.41, 5.74) is 2.71. The van der Waals surface area contributed by atoms with E-state index < -0.39 is 0 Å². The molecule has 0 spiro atoms. The minimum atomic E-state index is -0.256. The lowest BCUT2D eigenvalue weighted by molar-refractivity contribution is -0.132. The third kappa shape index (κ3) is 3.41. The van der Waals surface area contributed by atoms with E-state index in [0.29, 0.717) is 41.8 Å². The van der Waals surface area contributed by atoms with Gasteiger partial charge in [0.1, 0.15) is 17.9 Å². The SMILES string of the molecule is CCCc1c(O)c2[nH]c(CN3N=C(c4ccccc4)CCC3=O)nc2n(C)c1=O. The summed E-state index contributed by atoms with van der Waals surface area (Å²) < 4.78 is 1.43. The summed E-state index contributed by atoms with van der Waals surface area (Å²) in [6.45, 7) is 2.09. The van der Waals surface area contributed by atoms with Crippen molar-refractivity contribution < 1.29 is 9.90 Å². The van der Waals surface area contributed by atoms with Crippen LogP contribution in [0.15, 0.2) is 40.2 Å². The van der Waals surface area contributed by atoms with Gasteiger partial charge in [-0.1, -0.05) is 43.7 Å². The van der Waals surface area contributed by atoms with Crippen LogP contribution < -0.4 is 5.56 Å². The van der Waals surface area contributed by atoms with Gasteiger partial charge in [-0.25, -0.2) is 9.99 Å². The highest BCUT2D eigenvalue weighted by Gasteiger charge is 2.24. The number of rotatable bonds is 5. The Balaban J connectivity index is 1.70. The number of hydrogen-bond acceptors (Lipinski definition) is 5. The lowest BCUT2D eigenvalue weighted by atomic mass is 10.0. The van der Waals surface area contributed by atoms with Gasteiger partial charge in [0.25, 0.3) is 5.56 Å². The van der Waals surface area contributed by atoms with Crippen molar-refractivity contribution in [2.45, 2.75) is 39.2 Å². The van der Waals surface area contributed by atoms with Crippen molar-refractivity contribution in [2.24, 2.45) is 12.1 Å². The van der Waals surface area contributed by atoms with Gasteiger partial charge in [0.15, 0.2) is 11.4 Å². The normalized spacial score (nSPS) is 14.5. The number of pyridine rings is 1. The van der Waals surface area contributed by atoms with Crippen molar-refractivity contribution in [1.29, 1.82) is 0 Å². The van der Waals surface area contributed by atoms with Crippen molar-refractivity contribution >= 4 is 22.8 Å². The van der Waals surface area contributed by atoms with Gasteiger partial charge in [-0.2, -0.15) is 5.10 Å². The number of amides is 1. The van der Waals surface area contributed by atoms with Gasteiger partial charge in [-0.3, -0.25) is 14.2 Å². The van der Waals surface area contributed by atoms with Crippen molar-refractivity contribution in [3.63, 3.8) is 0 Å². The molecule has 8 heteroatoms. The van der Waals surface area contributed by atoms with Gasteiger partial charge in [0.05, 0.1) is 11.3 Å². The van der Waals surface area contributed by atoms with E-state index >= 15 is 0 Å². The zero-order chi connectivity index (χ0) is 20.5. The van der Waals surface area contributed by atoms with Crippen LogP contribution in [0.5, 0.6) is 5.75 Å². The Morgan fingerprint density at radius 2 is 1.93 bits per heavy atom. The zero-order valence-electron chi connectivity index (χ0n) is 16.5. The molecule has 0 aliphatic carbocycles. The molecule has 29 heavy (non-hydrogen) atoms. The fourth-order valence-corrected chi connectivity index (χ4v) is 3.62. The number of aromatic hydroxyl groups is 1. The van der Waals surface area contributed by atoms with E-state index in [1.807, 2.05) is 37.3 Å². The number of fused-ring (bicyclic) bond motifs is 1. The Kier molecular flexibility index (Phi) is 4.92. The molecule has 1 aromatic carbocycles. The fraction of sp³-hybridized carbons (Fsp3) is 0.333. The molecule has 0 saturated carbocycles. The van der Waals surface area contributed by atoms with E-state index in [-0.39, 0.29) is 23.8 Å². The first kappa shape index (κ1) is 18.9. The summed E-state index contributed by atoms with van der Waals surface area (Å²) in [6.07, 6.45) is 2.19. The average molecular weight is 393 g/mol. The Morgan fingerprint density at radius 1 is 1.17 bits per heavy atom. The predicted molar refractivity (Wildman–Crippen MR) is 110 cm³/mol. The van der Waals surface area contributed by atoms with Gasteiger partial charge in [0.2, 0.25) is 5.91 Å². The molecular formula is C21H23N5O3. The van der Waals surface area contributed by atoms with Crippen molar-refractivity contribution in [1.82, 2.24) is 19.5 Å². The van der Waals surface area contributed by atoms with Crippen LogP contribution >= 0.6 is 0 Å². The average Bonchev–Trinajstić information content (AvgIpc) is 3.16. The molecule has 1 aliphatic rings. The summed E-state index contributed by atoms with van der Waals surface area (Å²) in [5.74, 6) is 0.308. The topological polar surface area (TPSA) is 104 Å². The smallest absolute Gasteiger partial charge is 0.258 e. The number of hydrogen-bond donors (Lipinski definition) is 2. The summed E-state index contributed by atoms with van der Waals surface area (Å²) >= 11 is 0. The van der Waals surface area contributed by atoms with Crippen LogP contribution in [-0.4, -0.2) is 36.3 Å². The van der Waals surface area contributed by atoms with Gasteiger partial charge >= 0.3 is 0 Å². The van der Waals surface area contributed by atoms with Crippen LogP contribution in [0, 0.1) is 0 Å². The van der Waals surface area contributed by atoms with Crippen LogP contribution in [0.2, 0.25) is 0 Å². The summed E-state index contributed by atoms with van der Waals surface area (Å²) in [5, 5.41) is 16.5. The standard InChI is InChI=1S/C21H23N5O3/c1-3-7-14-19(28)18-20(25(2)21(14)29)23-16(22-18)12-26-17(27)11-10-15(24-26)13-8-5-4-6-9-13/h4-6,8-9,28H,3,7,10-12H2,1-2H3,(H,22,23). The molecule has 4 rings (SSSR count). The molecule has 0 unspecified atom stereocenters. The number of aryl methyl sites for hydroxylation is 1. The van der Waals surface area contributed by atoms with Crippen molar-refractivity contribution in [3.8, 4) is 5.75 Å². The summed E-state index contributed by atoms with van der Waals surface area (Å²) in [7, 11) is 1.63. The maximum Gasteiger partial charge on any atom is 0.258 e. The Bertz CT molecular complexity index is 1160. The molecule has 0 radical (unpaired) electrons. The van der Waals surface area contributed by atoms with Gasteiger partial charge in [-0.15, -0.1) is 0 Å². The second-order valence-corrected chi connectivity index (χ2v) is 7.19. The van der Waals surface area contributed by atoms with Crippen LogP contribution in [0.4, 0.5) is 0 Å². The number of benzene rings is 1. The molecule has 8 nitrogen and oxygen atoms in total. The molecule has 2 aromatic heterocycles. The van der Waals surface area contributed by atoms with Crippen LogP contribution in [0.3, 0.4) is 0 Å². The zero-order valence-corrected chi connectivity index (χ0v) is 16.5. The number of aromatic amines is 1. The molecule has 0 fully saturated rings. The largest absolute Gasteiger partial charge is 0.505 e. The molecule has 3 aromatic rings. The number of nitrogens with one attached hydrogen (secondary N) is 1. The van der Waals surface area contributed by atoms with E-state index in [1.165, 1.54) is 9.58 Å². The van der Waals surface area contributed by atoms with E-state index in [2.05, 4.69) is 15.1 Å². The van der Waals surface area contributed by atoms with Crippen LogP contribution in [0.25, 0.3) is 11.2 Å². The molecule has 150 valence electrons. The molecule has 1 amide bonds. The first-order chi connectivity index (χ1) is 14.0. The molecule has 1 aliphatic heterocycles. The predicted octanol–water partition coefficient (Wildman–Crippen LogP) is 2.45. The number of nitrogens with zero attached hydrogens (tertiary/aromatic N) is 4. The van der Waals surface area contributed by atoms with Crippen molar-refractivity contribution in [3.05, 3.63) is 57.6 Å². The quantitative estimate of drug-likeness (QED) is 0.695. The molecular weight excluding hydrogens is 370 g/mol. The first-order valence-corrected chi connectivity index (χ1v) is 9.72. The summed E-state index contributed by atoms with van der Waals surface area (Å²) in [6, 6.07) is 9.76. The number of imidazole rings is 1. The Labute approximate surface area is 167 Å². The lowest BCUT2D eigenvalue weighted by Crippen LogP contribution is -2.31. The van der Waals surface area contributed by atoms with E-state index in [0.717, 1.165) is 17.7 Å². The molecule has 0 saturated heterocycles. The maximum absolute atomic E-state index is 12.5. The lowest BCUT2D eigenvalue weighted by Gasteiger charge is -2.22. The summed E-state index contributed by atoms with van der Waals surface area (Å²) in [4.78, 5) is 32.4. The molecule has 0 atom stereocenters. The van der Waals surface area contributed by atoms with E-state index in [4.69, 9.17) is 0 Å². The monoisotopic (exact) mass is 393 g/mol. The van der Waals surface area contributed by atoms with E-state index in [1.54, 1.807) is 7.05 Å². The second kappa shape index (κ2) is 7.54. The molecule has 2 N–H and O–H groups in total. The fourth-order valence-electron chi connectivity index (χ4n) is 3.62. The Morgan fingerprint density at radius 3 is 2.66 bits per heavy atom. The first-order valence-electron chi connectivity index (χ1n) is 9.72. The molecule has 0 bridgehead atoms. The van der Waals surface area contributed by atoms with Gasteiger partial charge in [0, 0.05) is 19.9 Å². The highest BCUT2D eigenvalue weighted by atomic mass is 16.3. The number of aromatic nitrogens is 3. The highest BCUT2D eigenvalue weighted by Crippen LogP contribution is 2.26. The van der Waals surface area contributed by atoms with Gasteiger partial charge < -0.3 is 10.1 Å². The number of carbonyl (C=O) groups is 1. The maximum atomic E-state index is 12.5. The second-order valence-electron chi connectivity index (χ2n) is 7.19. The van der Waals surface area contributed by atoms with Crippen LogP contribution in [0.1, 0.15) is 43.1 Å². The minimum Gasteiger partial charge on any atom is -0.505 e. The minimum absolute atomic E-state index is 0.0675. The van der Waals surface area contributed by atoms with Crippen molar-refractivity contribution in [2.75, 3.05) is 0 Å². The number of carbonyl (C=O) groups excluding carboxylic acids is 1. The van der Waals surface area contributed by atoms with E-state index in [9.17, 15) is 14.7 Å².